The second-order valence-electron chi connectivity index (χ2n) is 4.45. The highest BCUT2D eigenvalue weighted by atomic mass is 16.5. The van der Waals surface area contributed by atoms with Crippen molar-refractivity contribution < 1.29 is 4.74 Å². The average molecular weight is 205 g/mol. The van der Waals surface area contributed by atoms with Crippen molar-refractivity contribution in [1.29, 1.82) is 0 Å². The highest BCUT2D eigenvalue weighted by Crippen LogP contribution is 2.35. The third-order valence-electron chi connectivity index (χ3n) is 3.06. The lowest BCUT2D eigenvalue weighted by Crippen LogP contribution is -2.29. The topological polar surface area (TPSA) is 35.2 Å². The van der Waals surface area contributed by atoms with Gasteiger partial charge in [0.1, 0.15) is 11.9 Å². The summed E-state index contributed by atoms with van der Waals surface area (Å²) in [6, 6.07) is 6.23. The third kappa shape index (κ3) is 2.32. The van der Waals surface area contributed by atoms with E-state index in [0.717, 1.165) is 5.75 Å². The van der Waals surface area contributed by atoms with Crippen molar-refractivity contribution in [3.8, 4) is 5.75 Å². The van der Waals surface area contributed by atoms with E-state index < -0.39 is 0 Å². The molecule has 0 radical (unpaired) electrons. The molecule has 1 saturated carbocycles. The van der Waals surface area contributed by atoms with Crippen LogP contribution in [0.1, 0.15) is 24.0 Å². The lowest BCUT2D eigenvalue weighted by molar-refractivity contribution is 0.184. The van der Waals surface area contributed by atoms with Gasteiger partial charge >= 0.3 is 0 Å². The summed E-state index contributed by atoms with van der Waals surface area (Å²) in [6.45, 7) is 4.80. The zero-order valence-corrected chi connectivity index (χ0v) is 9.49. The summed E-state index contributed by atoms with van der Waals surface area (Å²) in [7, 11) is 0. The first-order valence-corrected chi connectivity index (χ1v) is 5.65. The van der Waals surface area contributed by atoms with E-state index in [1.54, 1.807) is 0 Å². The molecular weight excluding hydrogens is 186 g/mol. The standard InChI is InChI=1S/C13H19NO/c1-9-4-3-5-10(2)13(9)15-12(8-14)11-6-7-11/h3-5,11-12H,6-8,14H2,1-2H3/t12-/m1/s1. The molecule has 1 aliphatic carbocycles. The van der Waals surface area contributed by atoms with E-state index in [-0.39, 0.29) is 6.10 Å². The molecule has 0 saturated heterocycles. The lowest BCUT2D eigenvalue weighted by Gasteiger charge is -2.19. The second kappa shape index (κ2) is 4.23. The summed E-state index contributed by atoms with van der Waals surface area (Å²) in [6.07, 6.45) is 2.75. The van der Waals surface area contributed by atoms with Crippen LogP contribution >= 0.6 is 0 Å². The predicted molar refractivity (Wildman–Crippen MR) is 62.1 cm³/mol. The van der Waals surface area contributed by atoms with Crippen LogP contribution in [0, 0.1) is 19.8 Å². The summed E-state index contributed by atoms with van der Waals surface area (Å²) in [4.78, 5) is 0. The SMILES string of the molecule is Cc1cccc(C)c1O[C@H](CN)C1CC1. The van der Waals surface area contributed by atoms with Crippen LogP contribution < -0.4 is 10.5 Å². The Hall–Kier alpha value is -1.02. The number of hydrogen-bond acceptors (Lipinski definition) is 2. The van der Waals surface area contributed by atoms with Crippen LogP contribution in [-0.2, 0) is 0 Å². The minimum atomic E-state index is 0.213. The van der Waals surface area contributed by atoms with Crippen LogP contribution in [0.25, 0.3) is 0 Å². The normalized spacial score (nSPS) is 17.5. The molecule has 0 unspecified atom stereocenters. The van der Waals surface area contributed by atoms with Gasteiger partial charge in [0, 0.05) is 6.54 Å². The molecule has 1 aromatic rings. The molecule has 2 N–H and O–H groups in total. The molecule has 0 spiro atoms. The summed E-state index contributed by atoms with van der Waals surface area (Å²) in [5.74, 6) is 1.72. The Morgan fingerprint density at radius 1 is 1.33 bits per heavy atom. The first kappa shape index (κ1) is 10.5. The van der Waals surface area contributed by atoms with Gasteiger partial charge in [-0.2, -0.15) is 0 Å². The largest absolute Gasteiger partial charge is 0.488 e. The Kier molecular flexibility index (Phi) is 2.96. The molecule has 0 bridgehead atoms. The molecule has 0 aromatic heterocycles. The highest BCUT2D eigenvalue weighted by molar-refractivity contribution is 5.40. The first-order valence-electron chi connectivity index (χ1n) is 5.65. The zero-order chi connectivity index (χ0) is 10.8. The summed E-state index contributed by atoms with van der Waals surface area (Å²) < 4.78 is 6.02. The minimum Gasteiger partial charge on any atom is -0.488 e. The molecule has 82 valence electrons. The lowest BCUT2D eigenvalue weighted by atomic mass is 10.1. The number of benzene rings is 1. The van der Waals surface area contributed by atoms with Gasteiger partial charge in [0.2, 0.25) is 0 Å². The Balaban J connectivity index is 2.14. The molecule has 1 aromatic carbocycles. The van der Waals surface area contributed by atoms with Gasteiger partial charge in [-0.05, 0) is 43.7 Å². The molecule has 0 aliphatic heterocycles. The highest BCUT2D eigenvalue weighted by Gasteiger charge is 2.32. The molecule has 2 nitrogen and oxygen atoms in total. The molecule has 2 heteroatoms. The fourth-order valence-corrected chi connectivity index (χ4v) is 1.94. The molecule has 1 atom stereocenters. The van der Waals surface area contributed by atoms with Crippen molar-refractivity contribution >= 4 is 0 Å². The fraction of sp³-hybridized carbons (Fsp3) is 0.538. The van der Waals surface area contributed by atoms with Crippen molar-refractivity contribution in [2.24, 2.45) is 11.7 Å². The molecule has 0 amide bonds. The van der Waals surface area contributed by atoms with E-state index in [1.165, 1.54) is 24.0 Å². The fourth-order valence-electron chi connectivity index (χ4n) is 1.94. The van der Waals surface area contributed by atoms with Gasteiger partial charge in [-0.25, -0.2) is 0 Å². The molecule has 1 fully saturated rings. The van der Waals surface area contributed by atoms with Gasteiger partial charge in [0.05, 0.1) is 0 Å². The van der Waals surface area contributed by atoms with E-state index >= 15 is 0 Å². The van der Waals surface area contributed by atoms with Gasteiger partial charge in [-0.1, -0.05) is 18.2 Å². The second-order valence-corrected chi connectivity index (χ2v) is 4.45. The van der Waals surface area contributed by atoms with Crippen molar-refractivity contribution in [2.45, 2.75) is 32.8 Å². The summed E-state index contributed by atoms with van der Waals surface area (Å²) in [5.41, 5.74) is 8.14. The smallest absolute Gasteiger partial charge is 0.125 e. The van der Waals surface area contributed by atoms with Gasteiger partial charge in [0.15, 0.2) is 0 Å². The van der Waals surface area contributed by atoms with Crippen LogP contribution in [-0.4, -0.2) is 12.6 Å². The Bertz CT molecular complexity index is 324. The van der Waals surface area contributed by atoms with Gasteiger partial charge in [-0.15, -0.1) is 0 Å². The molecule has 2 rings (SSSR count). The van der Waals surface area contributed by atoms with E-state index in [2.05, 4.69) is 32.0 Å². The van der Waals surface area contributed by atoms with Gasteiger partial charge in [0.25, 0.3) is 0 Å². The zero-order valence-electron chi connectivity index (χ0n) is 9.49. The number of aryl methyl sites for hydroxylation is 2. The van der Waals surface area contributed by atoms with E-state index in [9.17, 15) is 0 Å². The number of nitrogens with two attached hydrogens (primary N) is 1. The maximum Gasteiger partial charge on any atom is 0.125 e. The van der Waals surface area contributed by atoms with Crippen LogP contribution in [0.4, 0.5) is 0 Å². The maximum absolute atomic E-state index is 6.02. The number of hydrogen-bond donors (Lipinski definition) is 1. The Labute approximate surface area is 91.4 Å². The van der Waals surface area contributed by atoms with Crippen molar-refractivity contribution in [3.05, 3.63) is 29.3 Å². The van der Waals surface area contributed by atoms with Crippen LogP contribution in [0.5, 0.6) is 5.75 Å². The summed E-state index contributed by atoms with van der Waals surface area (Å²) >= 11 is 0. The third-order valence-corrected chi connectivity index (χ3v) is 3.06. The monoisotopic (exact) mass is 205 g/mol. The Morgan fingerprint density at radius 3 is 2.40 bits per heavy atom. The van der Waals surface area contributed by atoms with E-state index in [0.29, 0.717) is 12.5 Å². The van der Waals surface area contributed by atoms with Crippen LogP contribution in [0.15, 0.2) is 18.2 Å². The average Bonchev–Trinajstić information content (AvgIpc) is 3.01. The number of rotatable bonds is 4. The molecule has 15 heavy (non-hydrogen) atoms. The van der Waals surface area contributed by atoms with Crippen molar-refractivity contribution in [3.63, 3.8) is 0 Å². The van der Waals surface area contributed by atoms with E-state index in [1.807, 2.05) is 0 Å². The predicted octanol–water partition coefficient (Wildman–Crippen LogP) is 2.42. The molecule has 0 heterocycles. The van der Waals surface area contributed by atoms with Crippen LogP contribution in [0.2, 0.25) is 0 Å². The number of ether oxygens (including phenoxy) is 1. The molecule has 1 aliphatic rings. The minimum absolute atomic E-state index is 0.213. The van der Waals surface area contributed by atoms with Crippen LogP contribution in [0.3, 0.4) is 0 Å². The van der Waals surface area contributed by atoms with Crippen molar-refractivity contribution in [1.82, 2.24) is 0 Å². The summed E-state index contributed by atoms with van der Waals surface area (Å²) in [5, 5.41) is 0. The Morgan fingerprint density at radius 2 is 1.93 bits per heavy atom. The molecular formula is C13H19NO. The first-order chi connectivity index (χ1) is 7.22. The number of para-hydroxylation sites is 1. The maximum atomic E-state index is 6.02. The van der Waals surface area contributed by atoms with E-state index in [4.69, 9.17) is 10.5 Å². The van der Waals surface area contributed by atoms with Gasteiger partial charge in [-0.3, -0.25) is 0 Å². The quantitative estimate of drug-likeness (QED) is 0.819. The van der Waals surface area contributed by atoms with Gasteiger partial charge < -0.3 is 10.5 Å². The van der Waals surface area contributed by atoms with Crippen molar-refractivity contribution in [2.75, 3.05) is 6.54 Å².